The van der Waals surface area contributed by atoms with Gasteiger partial charge in [-0.05, 0) is 74.4 Å². The second-order valence-electron chi connectivity index (χ2n) is 7.73. The van der Waals surface area contributed by atoms with E-state index in [1.807, 2.05) is 32.0 Å². The minimum Gasteiger partial charge on any atom is -0.367 e. The standard InChI is InChI=1S/C25H24N6O3/c1-4-5-21(32)30-20-11-10-18(12-14(20)2)29-25(33)28-17-8-6-16(7-9-17)19-13-15(3)27-24-22(19)23(26)34-31-24/h4-13H,26H2,1-3H3,(H,30,32)(H2,28,29,33)/b5-4-. The summed E-state index contributed by atoms with van der Waals surface area (Å²) in [4.78, 5) is 28.6. The third kappa shape index (κ3) is 4.88. The second-order valence-corrected chi connectivity index (χ2v) is 7.73. The van der Waals surface area contributed by atoms with E-state index in [1.54, 1.807) is 43.3 Å². The summed E-state index contributed by atoms with van der Waals surface area (Å²) in [7, 11) is 0. The van der Waals surface area contributed by atoms with E-state index in [-0.39, 0.29) is 17.8 Å². The molecule has 9 nitrogen and oxygen atoms in total. The largest absolute Gasteiger partial charge is 0.367 e. The lowest BCUT2D eigenvalue weighted by Gasteiger charge is -2.12. The van der Waals surface area contributed by atoms with Crippen LogP contribution in [0.2, 0.25) is 0 Å². The zero-order valence-electron chi connectivity index (χ0n) is 19.0. The number of carbonyl (C=O) groups is 2. The molecule has 0 saturated heterocycles. The Balaban J connectivity index is 1.44. The fourth-order valence-electron chi connectivity index (χ4n) is 3.57. The van der Waals surface area contributed by atoms with Gasteiger partial charge in [0.15, 0.2) is 0 Å². The first-order chi connectivity index (χ1) is 16.3. The van der Waals surface area contributed by atoms with Crippen molar-refractivity contribution in [3.63, 3.8) is 0 Å². The van der Waals surface area contributed by atoms with E-state index < -0.39 is 0 Å². The molecule has 2 aromatic carbocycles. The maximum absolute atomic E-state index is 12.5. The quantitative estimate of drug-likeness (QED) is 0.303. The van der Waals surface area contributed by atoms with Crippen LogP contribution in [0, 0.1) is 13.8 Å². The average Bonchev–Trinajstić information content (AvgIpc) is 3.16. The topological polar surface area (TPSA) is 135 Å². The number of allylic oxidation sites excluding steroid dienone is 1. The molecule has 0 fully saturated rings. The van der Waals surface area contributed by atoms with Gasteiger partial charge >= 0.3 is 6.03 Å². The summed E-state index contributed by atoms with van der Waals surface area (Å²) in [6.07, 6.45) is 3.12. The van der Waals surface area contributed by atoms with Crippen molar-refractivity contribution >= 4 is 45.9 Å². The molecule has 2 heterocycles. The number of anilines is 4. The highest BCUT2D eigenvalue weighted by atomic mass is 16.5. The number of benzene rings is 2. The van der Waals surface area contributed by atoms with Crippen molar-refractivity contribution in [2.75, 3.05) is 21.7 Å². The minimum absolute atomic E-state index is 0.207. The molecule has 0 unspecified atom stereocenters. The fraction of sp³-hybridized carbons (Fsp3) is 0.120. The molecule has 4 aromatic rings. The number of aromatic nitrogens is 2. The van der Waals surface area contributed by atoms with Gasteiger partial charge in [-0.25, -0.2) is 9.78 Å². The van der Waals surface area contributed by atoms with E-state index in [0.29, 0.717) is 28.1 Å². The lowest BCUT2D eigenvalue weighted by atomic mass is 10.0. The molecule has 0 atom stereocenters. The van der Waals surface area contributed by atoms with Gasteiger partial charge in [0.05, 0.1) is 5.39 Å². The maximum Gasteiger partial charge on any atom is 0.323 e. The van der Waals surface area contributed by atoms with Gasteiger partial charge in [-0.1, -0.05) is 23.4 Å². The molecule has 0 aliphatic carbocycles. The van der Waals surface area contributed by atoms with Crippen molar-refractivity contribution in [2.24, 2.45) is 0 Å². The Morgan fingerprint density at radius 1 is 0.971 bits per heavy atom. The predicted octanol–water partition coefficient (Wildman–Crippen LogP) is 5.25. The summed E-state index contributed by atoms with van der Waals surface area (Å²) in [5.74, 6) is 0.00339. The van der Waals surface area contributed by atoms with Gasteiger partial charge in [0.2, 0.25) is 17.4 Å². The zero-order chi connectivity index (χ0) is 24.2. The number of fused-ring (bicyclic) bond motifs is 1. The van der Waals surface area contributed by atoms with E-state index in [9.17, 15) is 9.59 Å². The first-order valence-corrected chi connectivity index (χ1v) is 10.6. The molecule has 34 heavy (non-hydrogen) atoms. The number of hydrogen-bond acceptors (Lipinski definition) is 6. The van der Waals surface area contributed by atoms with Crippen molar-refractivity contribution in [1.82, 2.24) is 10.1 Å². The first-order valence-electron chi connectivity index (χ1n) is 10.6. The van der Waals surface area contributed by atoms with Gasteiger partial charge in [0.1, 0.15) is 0 Å². The number of hydrogen-bond donors (Lipinski definition) is 4. The van der Waals surface area contributed by atoms with E-state index >= 15 is 0 Å². The summed E-state index contributed by atoms with van der Waals surface area (Å²) in [6, 6.07) is 14.1. The van der Waals surface area contributed by atoms with Gasteiger partial charge in [0, 0.05) is 28.3 Å². The molecule has 5 N–H and O–H groups in total. The van der Waals surface area contributed by atoms with Gasteiger partial charge in [-0.15, -0.1) is 0 Å². The van der Waals surface area contributed by atoms with E-state index in [1.165, 1.54) is 6.08 Å². The molecule has 0 spiro atoms. The van der Waals surface area contributed by atoms with Gasteiger partial charge in [0.25, 0.3) is 0 Å². The van der Waals surface area contributed by atoms with Crippen LogP contribution >= 0.6 is 0 Å². The number of nitrogen functional groups attached to an aromatic ring is 1. The monoisotopic (exact) mass is 456 g/mol. The molecule has 172 valence electrons. The van der Waals surface area contributed by atoms with Crippen molar-refractivity contribution in [3.05, 3.63) is 71.9 Å². The summed E-state index contributed by atoms with van der Waals surface area (Å²) < 4.78 is 5.09. The third-order valence-electron chi connectivity index (χ3n) is 5.12. The van der Waals surface area contributed by atoms with Crippen LogP contribution in [-0.4, -0.2) is 22.1 Å². The molecule has 0 aliphatic rings. The van der Waals surface area contributed by atoms with E-state index in [2.05, 4.69) is 26.1 Å². The van der Waals surface area contributed by atoms with Crippen LogP contribution in [0.3, 0.4) is 0 Å². The highest BCUT2D eigenvalue weighted by molar-refractivity contribution is 6.02. The lowest BCUT2D eigenvalue weighted by molar-refractivity contribution is -0.111. The molecule has 2 aromatic heterocycles. The van der Waals surface area contributed by atoms with E-state index in [4.69, 9.17) is 10.3 Å². The Hall–Kier alpha value is -4.66. The number of amides is 3. The molecule has 0 aliphatic heterocycles. The van der Waals surface area contributed by atoms with Gasteiger partial charge < -0.3 is 26.2 Å². The number of urea groups is 1. The second kappa shape index (κ2) is 9.45. The predicted molar refractivity (Wildman–Crippen MR) is 134 cm³/mol. The molecule has 0 radical (unpaired) electrons. The third-order valence-corrected chi connectivity index (χ3v) is 5.12. The Labute approximate surface area is 196 Å². The molecular formula is C25H24N6O3. The number of carbonyl (C=O) groups excluding carboxylic acids is 2. The van der Waals surface area contributed by atoms with Crippen molar-refractivity contribution in [3.8, 4) is 11.1 Å². The molecule has 0 saturated carbocycles. The van der Waals surface area contributed by atoms with Crippen LogP contribution in [0.1, 0.15) is 18.2 Å². The number of nitrogens with two attached hydrogens (primary N) is 1. The van der Waals surface area contributed by atoms with Crippen LogP contribution in [0.15, 0.2) is 65.2 Å². The fourth-order valence-corrected chi connectivity index (χ4v) is 3.57. The Bertz CT molecular complexity index is 1410. The number of nitrogens with one attached hydrogen (secondary N) is 3. The summed E-state index contributed by atoms with van der Waals surface area (Å²) >= 11 is 0. The Morgan fingerprint density at radius 2 is 1.68 bits per heavy atom. The van der Waals surface area contributed by atoms with Crippen molar-refractivity contribution in [2.45, 2.75) is 20.8 Å². The smallest absolute Gasteiger partial charge is 0.323 e. The molecular weight excluding hydrogens is 432 g/mol. The van der Waals surface area contributed by atoms with Gasteiger partial charge in [-0.2, -0.15) is 0 Å². The summed E-state index contributed by atoms with van der Waals surface area (Å²) in [5.41, 5.74) is 11.7. The highest BCUT2D eigenvalue weighted by Crippen LogP contribution is 2.33. The van der Waals surface area contributed by atoms with Crippen LogP contribution in [-0.2, 0) is 4.79 Å². The Morgan fingerprint density at radius 3 is 2.38 bits per heavy atom. The summed E-state index contributed by atoms with van der Waals surface area (Å²) in [6.45, 7) is 5.50. The van der Waals surface area contributed by atoms with Crippen LogP contribution < -0.4 is 21.7 Å². The molecule has 9 heteroatoms. The molecule has 4 rings (SSSR count). The average molecular weight is 457 g/mol. The van der Waals surface area contributed by atoms with E-state index in [0.717, 1.165) is 22.4 Å². The van der Waals surface area contributed by atoms with Gasteiger partial charge in [-0.3, -0.25) is 4.79 Å². The van der Waals surface area contributed by atoms with Crippen LogP contribution in [0.25, 0.3) is 22.2 Å². The van der Waals surface area contributed by atoms with Crippen molar-refractivity contribution in [1.29, 1.82) is 0 Å². The van der Waals surface area contributed by atoms with Crippen LogP contribution in [0.4, 0.5) is 27.7 Å². The number of pyridine rings is 1. The first kappa shape index (κ1) is 22.5. The summed E-state index contributed by atoms with van der Waals surface area (Å²) in [5, 5.41) is 13.0. The lowest BCUT2D eigenvalue weighted by Crippen LogP contribution is -2.19. The molecule has 3 amide bonds. The van der Waals surface area contributed by atoms with Crippen molar-refractivity contribution < 1.29 is 14.1 Å². The maximum atomic E-state index is 12.5. The number of rotatable bonds is 5. The Kier molecular flexibility index (Phi) is 6.26. The van der Waals surface area contributed by atoms with Crippen LogP contribution in [0.5, 0.6) is 0 Å². The normalized spacial score (nSPS) is 11.0. The number of nitrogens with zero attached hydrogens (tertiary/aromatic N) is 2. The molecule has 0 bridgehead atoms. The minimum atomic E-state index is -0.386. The SMILES string of the molecule is C/C=C\C(=O)Nc1ccc(NC(=O)Nc2ccc(-c3cc(C)nc4noc(N)c34)cc2)cc1C. The highest BCUT2D eigenvalue weighted by Gasteiger charge is 2.14. The zero-order valence-corrected chi connectivity index (χ0v) is 19.0. The number of aryl methyl sites for hydroxylation is 2.